The largest absolute Gasteiger partial charge is 0.354 e. The van der Waals surface area contributed by atoms with E-state index in [9.17, 15) is 10.1 Å². The highest BCUT2D eigenvalue weighted by atomic mass is 16.6. The zero-order chi connectivity index (χ0) is 16.8. The normalized spacial score (nSPS) is 18.5. The third kappa shape index (κ3) is 4.69. The van der Waals surface area contributed by atoms with Crippen LogP contribution in [-0.4, -0.2) is 23.0 Å². The predicted octanol–water partition coefficient (Wildman–Crippen LogP) is 3.52. The Morgan fingerprint density at radius 1 is 1.00 bits per heavy atom. The molecule has 0 aromatic heterocycles. The molecule has 0 radical (unpaired) electrons. The summed E-state index contributed by atoms with van der Waals surface area (Å²) in [7, 11) is 0. The standard InChI is InChI=1S/C18H26N4O2/c23-22(24)17-11-9-14(10-12-17)13-19-18(20-15-5-1-2-6-15)21-16-7-3-4-8-16/h9-12,15-16H,1-8,13H2,(H2,19,20,21). The van der Waals surface area contributed by atoms with E-state index < -0.39 is 0 Å². The Bertz CT molecular complexity index is 553. The molecule has 0 atom stereocenters. The van der Waals surface area contributed by atoms with Crippen LogP contribution in [0.2, 0.25) is 0 Å². The maximum atomic E-state index is 10.7. The molecule has 0 amide bonds. The van der Waals surface area contributed by atoms with Crippen molar-refractivity contribution in [2.24, 2.45) is 4.99 Å². The van der Waals surface area contributed by atoms with Crippen LogP contribution in [0.4, 0.5) is 5.69 Å². The molecule has 0 saturated heterocycles. The third-order valence-electron chi connectivity index (χ3n) is 4.96. The van der Waals surface area contributed by atoms with Crippen LogP contribution in [-0.2, 0) is 6.54 Å². The van der Waals surface area contributed by atoms with Crippen molar-refractivity contribution < 1.29 is 4.92 Å². The monoisotopic (exact) mass is 330 g/mol. The van der Waals surface area contributed by atoms with Crippen LogP contribution in [0.5, 0.6) is 0 Å². The molecule has 6 nitrogen and oxygen atoms in total. The van der Waals surface area contributed by atoms with E-state index in [2.05, 4.69) is 10.6 Å². The summed E-state index contributed by atoms with van der Waals surface area (Å²) in [4.78, 5) is 15.1. The van der Waals surface area contributed by atoms with Gasteiger partial charge < -0.3 is 10.6 Å². The number of hydrogen-bond donors (Lipinski definition) is 2. The van der Waals surface area contributed by atoms with Gasteiger partial charge in [0, 0.05) is 24.2 Å². The Hall–Kier alpha value is -2.11. The Morgan fingerprint density at radius 2 is 1.50 bits per heavy atom. The summed E-state index contributed by atoms with van der Waals surface area (Å²) in [5, 5.41) is 17.9. The van der Waals surface area contributed by atoms with Gasteiger partial charge in [0.05, 0.1) is 11.5 Å². The lowest BCUT2D eigenvalue weighted by atomic mass is 10.2. The molecule has 0 bridgehead atoms. The van der Waals surface area contributed by atoms with Gasteiger partial charge in [0.15, 0.2) is 5.96 Å². The molecule has 0 spiro atoms. The Labute approximate surface area is 142 Å². The van der Waals surface area contributed by atoms with Crippen LogP contribution in [0.25, 0.3) is 0 Å². The van der Waals surface area contributed by atoms with Gasteiger partial charge in [0.2, 0.25) is 0 Å². The van der Waals surface area contributed by atoms with Crippen molar-refractivity contribution in [3.63, 3.8) is 0 Å². The molecule has 2 aliphatic rings. The molecule has 2 aliphatic carbocycles. The van der Waals surface area contributed by atoms with Crippen LogP contribution < -0.4 is 10.6 Å². The first-order valence-electron chi connectivity index (χ1n) is 9.01. The lowest BCUT2D eigenvalue weighted by Gasteiger charge is -2.21. The van der Waals surface area contributed by atoms with Crippen LogP contribution in [0, 0.1) is 10.1 Å². The van der Waals surface area contributed by atoms with Gasteiger partial charge in [-0.1, -0.05) is 37.8 Å². The summed E-state index contributed by atoms with van der Waals surface area (Å²) >= 11 is 0. The van der Waals surface area contributed by atoms with E-state index in [-0.39, 0.29) is 10.6 Å². The van der Waals surface area contributed by atoms with Crippen LogP contribution in [0.1, 0.15) is 56.9 Å². The summed E-state index contributed by atoms with van der Waals surface area (Å²) in [6.07, 6.45) is 10.00. The minimum atomic E-state index is -0.373. The van der Waals surface area contributed by atoms with E-state index >= 15 is 0 Å². The average molecular weight is 330 g/mol. The molecular weight excluding hydrogens is 304 g/mol. The van der Waals surface area contributed by atoms with Crippen molar-refractivity contribution in [3.05, 3.63) is 39.9 Å². The summed E-state index contributed by atoms with van der Waals surface area (Å²) < 4.78 is 0. The molecular formula is C18H26N4O2. The second-order valence-corrected chi connectivity index (χ2v) is 6.84. The first kappa shape index (κ1) is 16.7. The maximum Gasteiger partial charge on any atom is 0.269 e. The molecule has 1 aromatic rings. The van der Waals surface area contributed by atoms with Crippen molar-refractivity contribution in [1.29, 1.82) is 0 Å². The van der Waals surface area contributed by atoms with Crippen LogP contribution in [0.15, 0.2) is 29.3 Å². The number of aliphatic imine (C=N–C) groups is 1. The molecule has 2 saturated carbocycles. The number of nitro benzene ring substituents is 1. The molecule has 3 rings (SSSR count). The fourth-order valence-corrected chi connectivity index (χ4v) is 3.55. The van der Waals surface area contributed by atoms with Crippen molar-refractivity contribution in [2.45, 2.75) is 70.0 Å². The topological polar surface area (TPSA) is 79.6 Å². The zero-order valence-corrected chi connectivity index (χ0v) is 14.0. The summed E-state index contributed by atoms with van der Waals surface area (Å²) in [6.45, 7) is 0.534. The van der Waals surface area contributed by atoms with E-state index in [0.29, 0.717) is 18.6 Å². The van der Waals surface area contributed by atoms with E-state index in [0.717, 1.165) is 11.5 Å². The smallest absolute Gasteiger partial charge is 0.269 e. The highest BCUT2D eigenvalue weighted by molar-refractivity contribution is 5.80. The van der Waals surface area contributed by atoms with Gasteiger partial charge in [0.1, 0.15) is 0 Å². The molecule has 2 N–H and O–H groups in total. The van der Waals surface area contributed by atoms with Gasteiger partial charge in [0.25, 0.3) is 5.69 Å². The van der Waals surface area contributed by atoms with Gasteiger partial charge in [-0.05, 0) is 31.2 Å². The van der Waals surface area contributed by atoms with Gasteiger partial charge >= 0.3 is 0 Å². The minimum Gasteiger partial charge on any atom is -0.354 e. The first-order chi connectivity index (χ1) is 11.7. The lowest BCUT2D eigenvalue weighted by Crippen LogP contribution is -2.46. The lowest BCUT2D eigenvalue weighted by molar-refractivity contribution is -0.384. The number of hydrogen-bond acceptors (Lipinski definition) is 3. The summed E-state index contributed by atoms with van der Waals surface area (Å²) in [6, 6.07) is 7.69. The predicted molar refractivity (Wildman–Crippen MR) is 95.0 cm³/mol. The van der Waals surface area contributed by atoms with Gasteiger partial charge in [-0.3, -0.25) is 10.1 Å². The second-order valence-electron chi connectivity index (χ2n) is 6.84. The highest BCUT2D eigenvalue weighted by Crippen LogP contribution is 2.20. The van der Waals surface area contributed by atoms with E-state index in [1.54, 1.807) is 24.3 Å². The SMILES string of the molecule is O=[N+]([O-])c1ccc(CN=C(NC2CCCC2)NC2CCCC2)cc1. The number of benzene rings is 1. The minimum absolute atomic E-state index is 0.121. The number of nitrogens with one attached hydrogen (secondary N) is 2. The zero-order valence-electron chi connectivity index (χ0n) is 14.0. The van der Waals surface area contributed by atoms with Gasteiger partial charge in [-0.15, -0.1) is 0 Å². The van der Waals surface area contributed by atoms with Crippen molar-refractivity contribution >= 4 is 11.6 Å². The highest BCUT2D eigenvalue weighted by Gasteiger charge is 2.20. The molecule has 0 unspecified atom stereocenters. The van der Waals surface area contributed by atoms with Gasteiger partial charge in [-0.25, -0.2) is 4.99 Å². The maximum absolute atomic E-state index is 10.7. The Morgan fingerprint density at radius 3 is 1.96 bits per heavy atom. The Balaban J connectivity index is 1.63. The van der Waals surface area contributed by atoms with Crippen LogP contribution >= 0.6 is 0 Å². The summed E-state index contributed by atoms with van der Waals surface area (Å²) in [5.41, 5.74) is 1.11. The molecule has 24 heavy (non-hydrogen) atoms. The van der Waals surface area contributed by atoms with Crippen molar-refractivity contribution in [1.82, 2.24) is 10.6 Å². The first-order valence-corrected chi connectivity index (χ1v) is 9.01. The molecule has 0 heterocycles. The fourth-order valence-electron chi connectivity index (χ4n) is 3.55. The second kappa shape index (κ2) is 8.13. The quantitative estimate of drug-likeness (QED) is 0.375. The van der Waals surface area contributed by atoms with E-state index in [1.165, 1.54) is 51.4 Å². The van der Waals surface area contributed by atoms with Gasteiger partial charge in [-0.2, -0.15) is 0 Å². The van der Waals surface area contributed by atoms with E-state index in [4.69, 9.17) is 4.99 Å². The van der Waals surface area contributed by atoms with Crippen LogP contribution in [0.3, 0.4) is 0 Å². The molecule has 1 aromatic carbocycles. The number of nitro groups is 1. The molecule has 130 valence electrons. The number of nitrogens with zero attached hydrogens (tertiary/aromatic N) is 2. The molecule has 2 fully saturated rings. The molecule has 6 heteroatoms. The number of rotatable bonds is 5. The van der Waals surface area contributed by atoms with Crippen molar-refractivity contribution in [3.8, 4) is 0 Å². The summed E-state index contributed by atoms with van der Waals surface area (Å²) in [5.74, 6) is 0.896. The fraction of sp³-hybridized carbons (Fsp3) is 0.611. The number of guanidine groups is 1. The third-order valence-corrected chi connectivity index (χ3v) is 4.96. The van der Waals surface area contributed by atoms with E-state index in [1.807, 2.05) is 0 Å². The molecule has 0 aliphatic heterocycles. The average Bonchev–Trinajstić information content (AvgIpc) is 3.27. The Kier molecular flexibility index (Phi) is 5.67. The van der Waals surface area contributed by atoms with Crippen molar-refractivity contribution in [2.75, 3.05) is 0 Å². The number of non-ortho nitro benzene ring substituents is 1.